The molecule has 0 aliphatic heterocycles. The molecule has 3 nitrogen and oxygen atoms in total. The quantitative estimate of drug-likeness (QED) is 0.928. The maximum Gasteiger partial charge on any atom is 0.225 e. The maximum atomic E-state index is 12.6. The Balaban J connectivity index is 1.62. The van der Waals surface area contributed by atoms with Gasteiger partial charge in [-0.25, -0.2) is 0 Å². The molecule has 2 aromatic rings. The fraction of sp³-hybridized carbons (Fsp3) is 0.381. The molecule has 1 aliphatic carbocycles. The molecule has 126 valence electrons. The van der Waals surface area contributed by atoms with Crippen LogP contribution in [-0.4, -0.2) is 29.1 Å². The largest absolute Gasteiger partial charge is 0.393 e. The first-order valence-corrected chi connectivity index (χ1v) is 8.71. The van der Waals surface area contributed by atoms with Gasteiger partial charge in [0.05, 0.1) is 6.10 Å². The van der Waals surface area contributed by atoms with Gasteiger partial charge in [-0.15, -0.1) is 0 Å². The lowest BCUT2D eigenvalue weighted by Gasteiger charge is -2.29. The SMILES string of the molecule is CN(Cc1ccc(-c2ccccc2)cc1)C(=O)[C@H]1CCC[C@@H](O)C1. The van der Waals surface area contributed by atoms with Crippen molar-refractivity contribution < 1.29 is 9.90 Å². The van der Waals surface area contributed by atoms with Gasteiger partial charge in [-0.1, -0.05) is 61.0 Å². The maximum absolute atomic E-state index is 12.6. The molecule has 0 spiro atoms. The molecule has 0 saturated heterocycles. The van der Waals surface area contributed by atoms with Gasteiger partial charge in [-0.2, -0.15) is 0 Å². The lowest BCUT2D eigenvalue weighted by Crippen LogP contribution is -2.36. The van der Waals surface area contributed by atoms with E-state index in [9.17, 15) is 9.90 Å². The first-order chi connectivity index (χ1) is 11.6. The number of nitrogens with zero attached hydrogens (tertiary/aromatic N) is 1. The Morgan fingerprint density at radius 3 is 2.38 bits per heavy atom. The first kappa shape index (κ1) is 16.7. The van der Waals surface area contributed by atoms with Gasteiger partial charge >= 0.3 is 0 Å². The summed E-state index contributed by atoms with van der Waals surface area (Å²) in [5, 5.41) is 9.77. The van der Waals surface area contributed by atoms with Gasteiger partial charge in [-0.3, -0.25) is 4.79 Å². The highest BCUT2D eigenvalue weighted by Gasteiger charge is 2.28. The summed E-state index contributed by atoms with van der Waals surface area (Å²) < 4.78 is 0. The molecule has 0 unspecified atom stereocenters. The molecule has 1 aliphatic rings. The van der Waals surface area contributed by atoms with Crippen LogP contribution < -0.4 is 0 Å². The smallest absolute Gasteiger partial charge is 0.225 e. The van der Waals surface area contributed by atoms with Crippen LogP contribution in [-0.2, 0) is 11.3 Å². The average Bonchev–Trinajstić information content (AvgIpc) is 2.62. The van der Waals surface area contributed by atoms with Crippen molar-refractivity contribution in [3.05, 3.63) is 60.2 Å². The third-order valence-electron chi connectivity index (χ3n) is 4.85. The van der Waals surface area contributed by atoms with E-state index in [1.54, 1.807) is 4.90 Å². The second-order valence-corrected chi connectivity index (χ2v) is 6.77. The molecule has 1 fully saturated rings. The molecule has 0 bridgehead atoms. The number of hydrogen-bond donors (Lipinski definition) is 1. The lowest BCUT2D eigenvalue weighted by atomic mass is 9.86. The van der Waals surface area contributed by atoms with Crippen molar-refractivity contribution in [1.29, 1.82) is 0 Å². The normalized spacial score (nSPS) is 20.6. The van der Waals surface area contributed by atoms with Crippen LogP contribution in [0.25, 0.3) is 11.1 Å². The molecular formula is C21H25NO2. The van der Waals surface area contributed by atoms with Gasteiger partial charge in [0.25, 0.3) is 0 Å². The van der Waals surface area contributed by atoms with Crippen LogP contribution in [0.1, 0.15) is 31.2 Å². The highest BCUT2D eigenvalue weighted by Crippen LogP contribution is 2.26. The van der Waals surface area contributed by atoms with E-state index in [-0.39, 0.29) is 17.9 Å². The van der Waals surface area contributed by atoms with Gasteiger partial charge in [0.15, 0.2) is 0 Å². The molecule has 1 N–H and O–H groups in total. The van der Waals surface area contributed by atoms with E-state index in [0.717, 1.165) is 24.8 Å². The van der Waals surface area contributed by atoms with Crippen molar-refractivity contribution in [2.45, 2.75) is 38.3 Å². The molecule has 2 aromatic carbocycles. The van der Waals surface area contributed by atoms with Crippen molar-refractivity contribution in [1.82, 2.24) is 4.90 Å². The molecule has 0 radical (unpaired) electrons. The molecule has 3 rings (SSSR count). The van der Waals surface area contributed by atoms with E-state index in [0.29, 0.717) is 13.0 Å². The Bertz CT molecular complexity index is 666. The number of carbonyl (C=O) groups is 1. The molecular weight excluding hydrogens is 298 g/mol. The summed E-state index contributed by atoms with van der Waals surface area (Å²) in [5.74, 6) is 0.128. The Morgan fingerprint density at radius 1 is 1.04 bits per heavy atom. The van der Waals surface area contributed by atoms with Crippen LogP contribution in [0.5, 0.6) is 0 Å². The number of carbonyl (C=O) groups excluding carboxylic acids is 1. The van der Waals surface area contributed by atoms with E-state index < -0.39 is 0 Å². The van der Waals surface area contributed by atoms with Crippen LogP contribution in [0.3, 0.4) is 0 Å². The molecule has 1 saturated carbocycles. The van der Waals surface area contributed by atoms with Gasteiger partial charge in [-0.05, 0) is 36.0 Å². The first-order valence-electron chi connectivity index (χ1n) is 8.71. The van der Waals surface area contributed by atoms with Crippen LogP contribution in [0.15, 0.2) is 54.6 Å². The fourth-order valence-electron chi connectivity index (χ4n) is 3.48. The Labute approximate surface area is 143 Å². The van der Waals surface area contributed by atoms with Crippen molar-refractivity contribution in [3.63, 3.8) is 0 Å². The number of aliphatic hydroxyl groups excluding tert-OH is 1. The highest BCUT2D eigenvalue weighted by molar-refractivity contribution is 5.78. The summed E-state index contributed by atoms with van der Waals surface area (Å²) in [7, 11) is 1.86. The number of aliphatic hydroxyl groups is 1. The molecule has 0 aromatic heterocycles. The van der Waals surface area contributed by atoms with Crippen molar-refractivity contribution >= 4 is 5.91 Å². The zero-order valence-corrected chi connectivity index (χ0v) is 14.2. The van der Waals surface area contributed by atoms with E-state index in [4.69, 9.17) is 0 Å². The minimum atomic E-state index is -0.314. The summed E-state index contributed by atoms with van der Waals surface area (Å²) in [5.41, 5.74) is 3.51. The lowest BCUT2D eigenvalue weighted by molar-refractivity contribution is -0.137. The van der Waals surface area contributed by atoms with Crippen molar-refractivity contribution in [2.75, 3.05) is 7.05 Å². The molecule has 3 heteroatoms. The third-order valence-corrected chi connectivity index (χ3v) is 4.85. The standard InChI is InChI=1S/C21H25NO2/c1-22(21(24)19-8-5-9-20(23)14-19)15-16-10-12-18(13-11-16)17-6-3-2-4-7-17/h2-4,6-7,10-13,19-20,23H,5,8-9,14-15H2,1H3/t19-,20+/m0/s1. The van der Waals surface area contributed by atoms with E-state index in [2.05, 4.69) is 36.4 Å². The Morgan fingerprint density at radius 2 is 1.71 bits per heavy atom. The number of benzene rings is 2. The zero-order valence-electron chi connectivity index (χ0n) is 14.2. The van der Waals surface area contributed by atoms with E-state index in [1.807, 2.05) is 25.2 Å². The number of rotatable bonds is 4. The molecule has 2 atom stereocenters. The molecule has 1 amide bonds. The fourth-order valence-corrected chi connectivity index (χ4v) is 3.48. The van der Waals surface area contributed by atoms with Gasteiger partial charge in [0.1, 0.15) is 0 Å². The molecule has 24 heavy (non-hydrogen) atoms. The third kappa shape index (κ3) is 4.04. The summed E-state index contributed by atoms with van der Waals surface area (Å²) in [6.45, 7) is 0.612. The predicted octanol–water partition coefficient (Wildman–Crippen LogP) is 3.86. The molecule has 0 heterocycles. The van der Waals surface area contributed by atoms with Crippen LogP contribution >= 0.6 is 0 Å². The summed E-state index contributed by atoms with van der Waals surface area (Å²) >= 11 is 0. The van der Waals surface area contributed by atoms with Gasteiger partial charge in [0, 0.05) is 19.5 Å². The number of amides is 1. The second kappa shape index (κ2) is 7.63. The zero-order chi connectivity index (χ0) is 16.9. The topological polar surface area (TPSA) is 40.5 Å². The minimum Gasteiger partial charge on any atom is -0.393 e. The summed E-state index contributed by atoms with van der Waals surface area (Å²) in [6, 6.07) is 18.7. The Hall–Kier alpha value is -2.13. The Kier molecular flexibility index (Phi) is 5.31. The number of hydrogen-bond acceptors (Lipinski definition) is 2. The van der Waals surface area contributed by atoms with Crippen LogP contribution in [0.2, 0.25) is 0 Å². The highest BCUT2D eigenvalue weighted by atomic mass is 16.3. The second-order valence-electron chi connectivity index (χ2n) is 6.77. The average molecular weight is 323 g/mol. The van der Waals surface area contributed by atoms with Gasteiger partial charge < -0.3 is 10.0 Å². The predicted molar refractivity (Wildman–Crippen MR) is 96.3 cm³/mol. The summed E-state index contributed by atoms with van der Waals surface area (Å²) in [6.07, 6.45) is 2.96. The van der Waals surface area contributed by atoms with Crippen molar-refractivity contribution in [2.24, 2.45) is 5.92 Å². The monoisotopic (exact) mass is 323 g/mol. The van der Waals surface area contributed by atoms with Gasteiger partial charge in [0.2, 0.25) is 5.91 Å². The minimum absolute atomic E-state index is 0.0256. The van der Waals surface area contributed by atoms with Crippen LogP contribution in [0.4, 0.5) is 0 Å². The van der Waals surface area contributed by atoms with Crippen LogP contribution in [0, 0.1) is 5.92 Å². The van der Waals surface area contributed by atoms with E-state index >= 15 is 0 Å². The van der Waals surface area contributed by atoms with E-state index in [1.165, 1.54) is 11.1 Å². The van der Waals surface area contributed by atoms with Crippen molar-refractivity contribution in [3.8, 4) is 11.1 Å². The summed E-state index contributed by atoms with van der Waals surface area (Å²) in [4.78, 5) is 14.3.